The monoisotopic (exact) mass is 133 g/mol. The summed E-state index contributed by atoms with van der Waals surface area (Å²) in [6, 6.07) is 1.49. The highest BCUT2D eigenvalue weighted by atomic mass is 28.4. The molecule has 0 fully saturated rings. The molecule has 0 atom stereocenters. The fourth-order valence-corrected chi connectivity index (χ4v) is 0.671. The second-order valence-electron chi connectivity index (χ2n) is 1.43. The lowest BCUT2D eigenvalue weighted by Gasteiger charge is -2.03. The quantitative estimate of drug-likeness (QED) is 0.414. The van der Waals surface area contributed by atoms with Gasteiger partial charge in [-0.25, -0.2) is 0 Å². The maximum atomic E-state index is 8.25. The molecular weight excluding hydrogens is 126 g/mol. The van der Waals surface area contributed by atoms with E-state index < -0.39 is 8.80 Å². The van der Waals surface area contributed by atoms with E-state index in [0.717, 1.165) is 0 Å². The Morgan fingerprint density at radius 1 is 1.38 bits per heavy atom. The highest BCUT2D eigenvalue weighted by Gasteiger charge is 2.25. The van der Waals surface area contributed by atoms with E-state index in [1.807, 2.05) is 0 Å². The third-order valence-electron chi connectivity index (χ3n) is 0.572. The molecule has 0 spiro atoms. The van der Waals surface area contributed by atoms with Crippen LogP contribution in [0.2, 0.25) is 6.04 Å². The normalized spacial score (nSPS) is 10.8. The molecule has 46 valence electrons. The summed E-state index contributed by atoms with van der Waals surface area (Å²) in [6.07, 6.45) is -0.00424. The zero-order valence-electron chi connectivity index (χ0n) is 4.20. The van der Waals surface area contributed by atoms with Gasteiger partial charge in [-0.2, -0.15) is 5.26 Å². The summed E-state index contributed by atoms with van der Waals surface area (Å²) < 4.78 is 0. The van der Waals surface area contributed by atoms with Crippen LogP contribution >= 0.6 is 0 Å². The Morgan fingerprint density at radius 2 is 1.88 bits per heavy atom. The first-order valence-electron chi connectivity index (χ1n) is 2.10. The van der Waals surface area contributed by atoms with Crippen molar-refractivity contribution >= 4 is 8.80 Å². The standard InChI is InChI=1S/C3H7NO3Si/c4-2-1-3-8(5,6)7/h5-7H,1,3H2. The lowest BCUT2D eigenvalue weighted by Crippen LogP contribution is -2.33. The van der Waals surface area contributed by atoms with Gasteiger partial charge in [0.2, 0.25) is 0 Å². The zero-order chi connectivity index (χ0) is 6.62. The van der Waals surface area contributed by atoms with E-state index in [4.69, 9.17) is 19.6 Å². The van der Waals surface area contributed by atoms with Crippen molar-refractivity contribution < 1.29 is 14.4 Å². The van der Waals surface area contributed by atoms with Crippen LogP contribution in [0.4, 0.5) is 0 Å². The molecule has 0 saturated heterocycles. The average molecular weight is 133 g/mol. The number of hydrogen-bond acceptors (Lipinski definition) is 4. The van der Waals surface area contributed by atoms with Crippen LogP contribution in [0.25, 0.3) is 0 Å². The van der Waals surface area contributed by atoms with Crippen molar-refractivity contribution in [2.24, 2.45) is 0 Å². The first-order chi connectivity index (χ1) is 3.56. The summed E-state index contributed by atoms with van der Waals surface area (Å²) in [5, 5.41) is 7.87. The third kappa shape index (κ3) is 5.59. The first kappa shape index (κ1) is 7.59. The molecule has 0 amide bonds. The molecule has 0 unspecified atom stereocenters. The Bertz CT molecular complexity index is 102. The summed E-state index contributed by atoms with van der Waals surface area (Å²) in [6.45, 7) is 0. The summed E-state index contributed by atoms with van der Waals surface area (Å²) in [7, 11) is -3.90. The predicted molar refractivity (Wildman–Crippen MR) is 27.4 cm³/mol. The van der Waals surface area contributed by atoms with Gasteiger partial charge in [0.05, 0.1) is 6.07 Å². The predicted octanol–water partition coefficient (Wildman–Crippen LogP) is -1.18. The Balaban J connectivity index is 3.28. The molecule has 0 aromatic heterocycles. The summed E-state index contributed by atoms with van der Waals surface area (Å²) in [5.74, 6) is 0. The lowest BCUT2D eigenvalue weighted by atomic mass is 10.6. The van der Waals surface area contributed by atoms with Gasteiger partial charge in [0.25, 0.3) is 0 Å². The van der Waals surface area contributed by atoms with Gasteiger partial charge in [0.1, 0.15) is 0 Å². The fraction of sp³-hybridized carbons (Fsp3) is 0.667. The van der Waals surface area contributed by atoms with Crippen molar-refractivity contribution in [2.75, 3.05) is 0 Å². The van der Waals surface area contributed by atoms with E-state index in [-0.39, 0.29) is 12.5 Å². The number of nitriles is 1. The molecule has 0 aliphatic heterocycles. The number of nitrogens with zero attached hydrogens (tertiary/aromatic N) is 1. The van der Waals surface area contributed by atoms with Crippen LogP contribution in [0.15, 0.2) is 0 Å². The highest BCUT2D eigenvalue weighted by molar-refractivity contribution is 6.56. The molecule has 0 aromatic rings. The minimum atomic E-state index is -3.90. The topological polar surface area (TPSA) is 84.5 Å². The van der Waals surface area contributed by atoms with Gasteiger partial charge in [-0.1, -0.05) is 0 Å². The average Bonchev–Trinajstić information content (AvgIpc) is 1.59. The summed E-state index contributed by atoms with van der Waals surface area (Å²) >= 11 is 0. The van der Waals surface area contributed by atoms with Crippen LogP contribution in [-0.2, 0) is 0 Å². The van der Waals surface area contributed by atoms with Gasteiger partial charge in [-0.15, -0.1) is 0 Å². The van der Waals surface area contributed by atoms with Crippen LogP contribution in [0.3, 0.4) is 0 Å². The van der Waals surface area contributed by atoms with Crippen molar-refractivity contribution in [3.05, 3.63) is 0 Å². The molecule has 0 bridgehead atoms. The van der Waals surface area contributed by atoms with Crippen molar-refractivity contribution in [3.63, 3.8) is 0 Å². The molecular formula is C3H7NO3Si. The minimum Gasteiger partial charge on any atom is -0.390 e. The maximum absolute atomic E-state index is 8.25. The Kier molecular flexibility index (Phi) is 2.64. The van der Waals surface area contributed by atoms with Crippen molar-refractivity contribution in [2.45, 2.75) is 12.5 Å². The minimum absolute atomic E-state index is 0.00424. The third-order valence-corrected chi connectivity index (χ3v) is 1.49. The van der Waals surface area contributed by atoms with Gasteiger partial charge in [-0.05, 0) is 0 Å². The molecule has 8 heavy (non-hydrogen) atoms. The molecule has 0 radical (unpaired) electrons. The molecule has 0 rings (SSSR count). The van der Waals surface area contributed by atoms with Crippen LogP contribution in [0.1, 0.15) is 6.42 Å². The second kappa shape index (κ2) is 2.79. The first-order valence-corrected chi connectivity index (χ1v) is 4.15. The van der Waals surface area contributed by atoms with Crippen LogP contribution in [0, 0.1) is 11.3 Å². The van der Waals surface area contributed by atoms with E-state index in [1.54, 1.807) is 6.07 Å². The number of hydrogen-bond donors (Lipinski definition) is 3. The van der Waals surface area contributed by atoms with Crippen molar-refractivity contribution in [1.29, 1.82) is 5.26 Å². The van der Waals surface area contributed by atoms with E-state index >= 15 is 0 Å². The highest BCUT2D eigenvalue weighted by Crippen LogP contribution is 1.98. The van der Waals surface area contributed by atoms with Gasteiger partial charge in [-0.3, -0.25) is 0 Å². The SMILES string of the molecule is N#CCC[Si](O)(O)O. The van der Waals surface area contributed by atoms with Crippen molar-refractivity contribution in [1.82, 2.24) is 0 Å². The summed E-state index contributed by atoms with van der Waals surface area (Å²) in [4.78, 5) is 24.7. The van der Waals surface area contributed by atoms with Crippen molar-refractivity contribution in [3.8, 4) is 6.07 Å². The Labute approximate surface area is 48.0 Å². The zero-order valence-corrected chi connectivity index (χ0v) is 5.20. The molecule has 0 saturated carbocycles. The molecule has 0 aromatic carbocycles. The molecule has 3 N–H and O–H groups in total. The van der Waals surface area contributed by atoms with E-state index in [2.05, 4.69) is 0 Å². The summed E-state index contributed by atoms with van der Waals surface area (Å²) in [5.41, 5.74) is 0. The van der Waals surface area contributed by atoms with Gasteiger partial charge in [0, 0.05) is 12.5 Å². The maximum Gasteiger partial charge on any atom is 0.493 e. The van der Waals surface area contributed by atoms with Gasteiger partial charge >= 0.3 is 8.80 Å². The van der Waals surface area contributed by atoms with E-state index in [0.29, 0.717) is 0 Å². The van der Waals surface area contributed by atoms with Crippen LogP contribution < -0.4 is 0 Å². The van der Waals surface area contributed by atoms with E-state index in [9.17, 15) is 0 Å². The molecule has 0 heterocycles. The van der Waals surface area contributed by atoms with Crippen LogP contribution in [-0.4, -0.2) is 23.2 Å². The molecule has 0 aliphatic rings. The molecule has 4 nitrogen and oxygen atoms in total. The number of rotatable bonds is 2. The lowest BCUT2D eigenvalue weighted by molar-refractivity contribution is 0.228. The molecule has 0 aliphatic carbocycles. The van der Waals surface area contributed by atoms with Gasteiger partial charge < -0.3 is 14.4 Å². The Hall–Kier alpha value is -0.413. The Morgan fingerprint density at radius 3 is 2.00 bits per heavy atom. The smallest absolute Gasteiger partial charge is 0.390 e. The van der Waals surface area contributed by atoms with Crippen LogP contribution in [0.5, 0.6) is 0 Å². The largest absolute Gasteiger partial charge is 0.493 e. The van der Waals surface area contributed by atoms with Gasteiger partial charge in [0.15, 0.2) is 0 Å². The molecule has 5 heteroatoms. The van der Waals surface area contributed by atoms with E-state index in [1.165, 1.54) is 0 Å². The second-order valence-corrected chi connectivity index (χ2v) is 3.48. The fourth-order valence-electron chi connectivity index (χ4n) is 0.224.